The fraction of sp³-hybridized carbons (Fsp3) is 0.500. The maximum atomic E-state index is 13.0. The van der Waals surface area contributed by atoms with E-state index >= 15 is 0 Å². The van der Waals surface area contributed by atoms with E-state index in [-0.39, 0.29) is 6.79 Å². The van der Waals surface area contributed by atoms with Crippen LogP contribution in [0.4, 0.5) is 4.39 Å². The zero-order valence-electron chi connectivity index (χ0n) is 8.96. The highest BCUT2D eigenvalue weighted by atomic mass is 19.1. The molecule has 1 fully saturated rings. The average Bonchev–Trinajstić information content (AvgIpc) is 2.97. The lowest BCUT2D eigenvalue weighted by Crippen LogP contribution is -2.09. The Morgan fingerprint density at radius 3 is 2.81 bits per heavy atom. The Balaban J connectivity index is 2.01. The Bertz CT molecular complexity index is 402. The van der Waals surface area contributed by atoms with Crippen LogP contribution in [0.3, 0.4) is 0 Å². The van der Waals surface area contributed by atoms with Crippen LogP contribution in [0, 0.1) is 0 Å². The number of alkyl halides is 1. The van der Waals surface area contributed by atoms with Crippen LogP contribution in [0.15, 0.2) is 12.1 Å². The lowest BCUT2D eigenvalue weighted by Gasteiger charge is -2.13. The number of fused-ring (bicyclic) bond motifs is 1. The minimum atomic E-state index is -0.442. The van der Waals surface area contributed by atoms with E-state index in [2.05, 4.69) is 5.32 Å². The van der Waals surface area contributed by atoms with Crippen molar-refractivity contribution in [1.82, 2.24) is 5.32 Å². The predicted octanol–water partition coefficient (Wildman–Crippen LogP) is 1.96. The molecule has 0 aliphatic carbocycles. The van der Waals surface area contributed by atoms with Crippen LogP contribution < -0.4 is 14.8 Å². The van der Waals surface area contributed by atoms with Gasteiger partial charge in [-0.15, -0.1) is 0 Å². The molecule has 0 radical (unpaired) electrons. The van der Waals surface area contributed by atoms with Gasteiger partial charge in [-0.25, -0.2) is 4.39 Å². The second kappa shape index (κ2) is 3.94. The first-order chi connectivity index (χ1) is 7.88. The molecule has 2 aliphatic rings. The molecule has 86 valence electrons. The third kappa shape index (κ3) is 1.53. The highest BCUT2D eigenvalue weighted by Gasteiger charge is 2.24. The van der Waals surface area contributed by atoms with Crippen molar-refractivity contribution < 1.29 is 13.9 Å². The minimum Gasteiger partial charge on any atom is -0.454 e. The molecule has 4 heteroatoms. The third-order valence-corrected chi connectivity index (χ3v) is 3.28. The van der Waals surface area contributed by atoms with Crippen molar-refractivity contribution in [3.05, 3.63) is 23.3 Å². The second-order valence-corrected chi connectivity index (χ2v) is 4.23. The van der Waals surface area contributed by atoms with Crippen molar-refractivity contribution in [2.45, 2.75) is 19.0 Å². The van der Waals surface area contributed by atoms with Crippen molar-refractivity contribution in [3.63, 3.8) is 0 Å². The van der Waals surface area contributed by atoms with Crippen molar-refractivity contribution in [2.75, 3.05) is 19.9 Å². The molecule has 1 saturated heterocycles. The van der Waals surface area contributed by atoms with Gasteiger partial charge in [0.15, 0.2) is 11.5 Å². The Morgan fingerprint density at radius 2 is 2.12 bits per heavy atom. The van der Waals surface area contributed by atoms with Gasteiger partial charge in [-0.05, 0) is 42.1 Å². The largest absolute Gasteiger partial charge is 0.454 e. The van der Waals surface area contributed by atoms with Gasteiger partial charge in [0.2, 0.25) is 6.79 Å². The summed E-state index contributed by atoms with van der Waals surface area (Å²) in [7, 11) is 0. The molecular weight excluding hydrogens is 209 g/mol. The molecule has 0 saturated carbocycles. The van der Waals surface area contributed by atoms with Gasteiger partial charge in [0.05, 0.1) is 0 Å². The van der Waals surface area contributed by atoms with Crippen LogP contribution in [-0.2, 0) is 6.67 Å². The molecule has 0 bridgehead atoms. The van der Waals surface area contributed by atoms with Gasteiger partial charge in [-0.2, -0.15) is 0 Å². The SMILES string of the molecule is FCc1cc2c(cc1C1CCNC1)OCO2. The van der Waals surface area contributed by atoms with E-state index in [0.29, 0.717) is 11.7 Å². The zero-order chi connectivity index (χ0) is 11.0. The summed E-state index contributed by atoms with van der Waals surface area (Å²) in [6.45, 7) is 1.73. The molecule has 3 rings (SSSR count). The number of ether oxygens (including phenoxy) is 2. The molecule has 3 nitrogen and oxygen atoms in total. The first kappa shape index (κ1) is 9.90. The van der Waals surface area contributed by atoms with Crippen LogP contribution in [0.1, 0.15) is 23.5 Å². The summed E-state index contributed by atoms with van der Waals surface area (Å²) >= 11 is 0. The number of rotatable bonds is 2. The summed E-state index contributed by atoms with van der Waals surface area (Å²) in [5.41, 5.74) is 1.80. The molecule has 1 atom stereocenters. The van der Waals surface area contributed by atoms with E-state index < -0.39 is 6.67 Å². The molecule has 0 amide bonds. The number of halogens is 1. The summed E-state index contributed by atoms with van der Waals surface area (Å²) < 4.78 is 23.6. The lowest BCUT2D eigenvalue weighted by molar-refractivity contribution is 0.174. The minimum absolute atomic E-state index is 0.243. The predicted molar refractivity (Wildman–Crippen MR) is 57.6 cm³/mol. The monoisotopic (exact) mass is 223 g/mol. The standard InChI is InChI=1S/C12H14FNO2/c13-5-9-3-11-12(16-7-15-11)4-10(9)8-1-2-14-6-8/h3-4,8,14H,1-2,5-7H2. The van der Waals surface area contributed by atoms with Crippen LogP contribution in [-0.4, -0.2) is 19.9 Å². The van der Waals surface area contributed by atoms with E-state index in [1.807, 2.05) is 6.07 Å². The number of benzene rings is 1. The molecule has 1 N–H and O–H groups in total. The fourth-order valence-electron chi connectivity index (χ4n) is 2.42. The highest BCUT2D eigenvalue weighted by Crippen LogP contribution is 2.38. The molecule has 2 aliphatic heterocycles. The van der Waals surface area contributed by atoms with Crippen LogP contribution in [0.5, 0.6) is 11.5 Å². The quantitative estimate of drug-likeness (QED) is 0.831. The molecule has 0 aromatic heterocycles. The van der Waals surface area contributed by atoms with Gasteiger partial charge in [-0.1, -0.05) is 0 Å². The van der Waals surface area contributed by atoms with Crippen LogP contribution in [0.2, 0.25) is 0 Å². The maximum Gasteiger partial charge on any atom is 0.231 e. The first-order valence-electron chi connectivity index (χ1n) is 5.57. The van der Waals surface area contributed by atoms with Crippen molar-refractivity contribution >= 4 is 0 Å². The summed E-state index contributed by atoms with van der Waals surface area (Å²) in [6, 6.07) is 3.71. The molecule has 1 unspecified atom stereocenters. The van der Waals surface area contributed by atoms with E-state index in [0.717, 1.165) is 36.4 Å². The molecular formula is C12H14FNO2. The van der Waals surface area contributed by atoms with Crippen molar-refractivity contribution in [2.24, 2.45) is 0 Å². The van der Waals surface area contributed by atoms with E-state index in [1.165, 1.54) is 0 Å². The first-order valence-corrected chi connectivity index (χ1v) is 5.57. The van der Waals surface area contributed by atoms with E-state index in [9.17, 15) is 4.39 Å². The number of nitrogens with one attached hydrogen (secondary N) is 1. The molecule has 16 heavy (non-hydrogen) atoms. The molecule has 2 heterocycles. The summed E-state index contributed by atoms with van der Waals surface area (Å²) in [5, 5.41) is 3.30. The maximum absolute atomic E-state index is 13.0. The van der Waals surface area contributed by atoms with Gasteiger partial charge < -0.3 is 14.8 Å². The summed E-state index contributed by atoms with van der Waals surface area (Å²) in [6.07, 6.45) is 1.06. The fourth-order valence-corrected chi connectivity index (χ4v) is 2.42. The normalized spacial score (nSPS) is 22.7. The van der Waals surface area contributed by atoms with Gasteiger partial charge in [0.25, 0.3) is 0 Å². The Hall–Kier alpha value is -1.29. The van der Waals surface area contributed by atoms with E-state index in [4.69, 9.17) is 9.47 Å². The Labute approximate surface area is 93.6 Å². The van der Waals surface area contributed by atoms with Gasteiger partial charge in [0.1, 0.15) is 6.67 Å². The number of hydrogen-bond donors (Lipinski definition) is 1. The van der Waals surface area contributed by atoms with Crippen molar-refractivity contribution in [3.8, 4) is 11.5 Å². The molecule has 1 aromatic carbocycles. The molecule has 0 spiro atoms. The Morgan fingerprint density at radius 1 is 1.31 bits per heavy atom. The van der Waals surface area contributed by atoms with Crippen molar-refractivity contribution in [1.29, 1.82) is 0 Å². The smallest absolute Gasteiger partial charge is 0.231 e. The third-order valence-electron chi connectivity index (χ3n) is 3.28. The number of hydrogen-bond acceptors (Lipinski definition) is 3. The lowest BCUT2D eigenvalue weighted by atomic mass is 9.93. The molecule has 1 aromatic rings. The van der Waals surface area contributed by atoms with Crippen LogP contribution >= 0.6 is 0 Å². The zero-order valence-corrected chi connectivity index (χ0v) is 8.96. The van der Waals surface area contributed by atoms with E-state index in [1.54, 1.807) is 6.07 Å². The topological polar surface area (TPSA) is 30.5 Å². The van der Waals surface area contributed by atoms with Gasteiger partial charge in [-0.3, -0.25) is 0 Å². The van der Waals surface area contributed by atoms with Gasteiger partial charge in [0, 0.05) is 6.54 Å². The Kier molecular flexibility index (Phi) is 2.44. The summed E-state index contributed by atoms with van der Waals surface area (Å²) in [4.78, 5) is 0. The van der Waals surface area contributed by atoms with Gasteiger partial charge >= 0.3 is 0 Å². The average molecular weight is 223 g/mol. The van der Waals surface area contributed by atoms with Crippen LogP contribution in [0.25, 0.3) is 0 Å². The summed E-state index contributed by atoms with van der Waals surface area (Å²) in [5.74, 6) is 1.82. The highest BCUT2D eigenvalue weighted by molar-refractivity contribution is 5.50. The second-order valence-electron chi connectivity index (χ2n) is 4.23.